The van der Waals surface area contributed by atoms with Crippen molar-refractivity contribution in [3.05, 3.63) is 35.0 Å². The normalized spacial score (nSPS) is 10.1. The first-order chi connectivity index (χ1) is 8.61. The van der Waals surface area contributed by atoms with Crippen LogP contribution in [0.3, 0.4) is 0 Å². The molecule has 0 aliphatic carbocycles. The topological polar surface area (TPSA) is 91.0 Å². The second-order valence-electron chi connectivity index (χ2n) is 3.39. The number of ether oxygens (including phenoxy) is 1. The Kier molecular flexibility index (Phi) is 3.38. The van der Waals surface area contributed by atoms with Crippen molar-refractivity contribution in [3.63, 3.8) is 0 Å². The number of carbonyl (C=O) groups is 1. The largest absolute Gasteiger partial charge is 0.465 e. The number of anilines is 1. The predicted octanol–water partition coefficient (Wildman–Crippen LogP) is 1.56. The van der Waals surface area contributed by atoms with Crippen LogP contribution in [0.1, 0.15) is 10.4 Å². The fourth-order valence-electron chi connectivity index (χ4n) is 1.37. The number of nitrogen functional groups attached to an aromatic ring is 1. The lowest BCUT2D eigenvalue weighted by Gasteiger charge is -2.04. The Hall–Kier alpha value is -2.21. The maximum atomic E-state index is 11.4. The quantitative estimate of drug-likeness (QED) is 0.828. The van der Waals surface area contributed by atoms with Gasteiger partial charge in [0.2, 0.25) is 5.95 Å². The van der Waals surface area contributed by atoms with E-state index in [0.717, 1.165) is 0 Å². The van der Waals surface area contributed by atoms with Gasteiger partial charge in [-0.25, -0.2) is 9.78 Å². The molecule has 1 aromatic heterocycles. The molecule has 2 aromatic rings. The number of nitrogens with two attached hydrogens (primary N) is 1. The van der Waals surface area contributed by atoms with Crippen LogP contribution in [0.15, 0.2) is 24.4 Å². The zero-order valence-electron chi connectivity index (χ0n) is 9.42. The van der Waals surface area contributed by atoms with E-state index in [1.807, 2.05) is 0 Å². The molecular formula is C11H9ClN4O2. The number of hydrogen-bond acceptors (Lipinski definition) is 6. The van der Waals surface area contributed by atoms with E-state index in [4.69, 9.17) is 17.3 Å². The Bertz CT molecular complexity index is 586. The smallest absolute Gasteiger partial charge is 0.339 e. The van der Waals surface area contributed by atoms with Crippen molar-refractivity contribution in [2.24, 2.45) is 0 Å². The molecule has 0 bridgehead atoms. The molecule has 1 heterocycles. The molecular weight excluding hydrogens is 256 g/mol. The molecule has 0 radical (unpaired) electrons. The van der Waals surface area contributed by atoms with Gasteiger partial charge in [0.15, 0.2) is 0 Å². The molecule has 7 heteroatoms. The lowest BCUT2D eigenvalue weighted by atomic mass is 10.1. The second-order valence-corrected chi connectivity index (χ2v) is 3.80. The number of aromatic nitrogens is 3. The van der Waals surface area contributed by atoms with E-state index in [0.29, 0.717) is 16.8 Å². The molecule has 92 valence electrons. The average molecular weight is 265 g/mol. The van der Waals surface area contributed by atoms with E-state index >= 15 is 0 Å². The highest BCUT2D eigenvalue weighted by molar-refractivity contribution is 6.33. The van der Waals surface area contributed by atoms with Gasteiger partial charge in [0, 0.05) is 5.56 Å². The van der Waals surface area contributed by atoms with Gasteiger partial charge in [-0.1, -0.05) is 17.7 Å². The summed E-state index contributed by atoms with van der Waals surface area (Å²) >= 11 is 5.99. The van der Waals surface area contributed by atoms with Crippen molar-refractivity contribution in [2.45, 2.75) is 0 Å². The second kappa shape index (κ2) is 4.97. The maximum absolute atomic E-state index is 11.4. The number of halogens is 1. The van der Waals surface area contributed by atoms with Crippen LogP contribution in [0, 0.1) is 0 Å². The predicted molar refractivity (Wildman–Crippen MR) is 66.0 cm³/mol. The average Bonchev–Trinajstić information content (AvgIpc) is 2.38. The third kappa shape index (κ3) is 2.38. The van der Waals surface area contributed by atoms with Crippen molar-refractivity contribution in [2.75, 3.05) is 12.8 Å². The highest BCUT2D eigenvalue weighted by Gasteiger charge is 2.12. The van der Waals surface area contributed by atoms with Gasteiger partial charge in [0.1, 0.15) is 5.69 Å². The number of hydrogen-bond donors (Lipinski definition) is 1. The van der Waals surface area contributed by atoms with Gasteiger partial charge in [0.05, 0.1) is 23.9 Å². The minimum absolute atomic E-state index is 0.0935. The first kappa shape index (κ1) is 12.3. The summed E-state index contributed by atoms with van der Waals surface area (Å²) in [5.74, 6) is -0.399. The zero-order chi connectivity index (χ0) is 13.1. The highest BCUT2D eigenvalue weighted by atomic mass is 35.5. The highest BCUT2D eigenvalue weighted by Crippen LogP contribution is 2.24. The summed E-state index contributed by atoms with van der Waals surface area (Å²) in [4.78, 5) is 15.2. The molecule has 2 N–H and O–H groups in total. The van der Waals surface area contributed by atoms with Crippen molar-refractivity contribution >= 4 is 23.5 Å². The molecule has 0 amide bonds. The number of benzene rings is 1. The fourth-order valence-corrected chi connectivity index (χ4v) is 1.62. The lowest BCUT2D eigenvalue weighted by molar-refractivity contribution is 0.0601. The van der Waals surface area contributed by atoms with Crippen LogP contribution in [0.5, 0.6) is 0 Å². The molecule has 0 aliphatic heterocycles. The Morgan fingerprint density at radius 1 is 1.39 bits per heavy atom. The SMILES string of the molecule is COC(=O)c1ccc(-c2cnc(N)nn2)cc1Cl. The molecule has 2 rings (SSSR count). The molecule has 6 nitrogen and oxygen atoms in total. The Balaban J connectivity index is 2.40. The number of methoxy groups -OCH3 is 1. The summed E-state index contributed by atoms with van der Waals surface area (Å²) in [6, 6.07) is 4.83. The Labute approximate surface area is 108 Å². The van der Waals surface area contributed by atoms with Crippen molar-refractivity contribution in [3.8, 4) is 11.3 Å². The van der Waals surface area contributed by atoms with E-state index in [1.165, 1.54) is 13.3 Å². The van der Waals surface area contributed by atoms with Gasteiger partial charge in [-0.3, -0.25) is 0 Å². The van der Waals surface area contributed by atoms with Crippen LogP contribution < -0.4 is 5.73 Å². The number of rotatable bonds is 2. The van der Waals surface area contributed by atoms with Crippen LogP contribution in [-0.4, -0.2) is 28.3 Å². The van der Waals surface area contributed by atoms with Gasteiger partial charge >= 0.3 is 5.97 Å². The summed E-state index contributed by atoms with van der Waals surface area (Å²) in [5, 5.41) is 7.79. The Morgan fingerprint density at radius 3 is 2.72 bits per heavy atom. The van der Waals surface area contributed by atoms with E-state index in [1.54, 1.807) is 18.2 Å². The first-order valence-corrected chi connectivity index (χ1v) is 5.33. The van der Waals surface area contributed by atoms with Gasteiger partial charge in [-0.05, 0) is 12.1 Å². The van der Waals surface area contributed by atoms with E-state index in [2.05, 4.69) is 19.9 Å². The Morgan fingerprint density at radius 2 is 2.17 bits per heavy atom. The van der Waals surface area contributed by atoms with Gasteiger partial charge in [-0.15, -0.1) is 10.2 Å². The lowest BCUT2D eigenvalue weighted by Crippen LogP contribution is -2.02. The van der Waals surface area contributed by atoms with Crippen LogP contribution >= 0.6 is 11.6 Å². The third-order valence-electron chi connectivity index (χ3n) is 2.25. The zero-order valence-corrected chi connectivity index (χ0v) is 10.2. The number of carbonyl (C=O) groups excluding carboxylic acids is 1. The summed E-state index contributed by atoms with van der Waals surface area (Å²) in [5.41, 5.74) is 6.84. The molecule has 0 fully saturated rings. The summed E-state index contributed by atoms with van der Waals surface area (Å²) in [6.45, 7) is 0. The van der Waals surface area contributed by atoms with Crippen molar-refractivity contribution in [1.29, 1.82) is 0 Å². The molecule has 1 aromatic carbocycles. The van der Waals surface area contributed by atoms with Crippen LogP contribution in [0.4, 0.5) is 5.95 Å². The molecule has 0 unspecified atom stereocenters. The minimum atomic E-state index is -0.493. The first-order valence-electron chi connectivity index (χ1n) is 4.95. The summed E-state index contributed by atoms with van der Waals surface area (Å²) < 4.78 is 4.60. The fraction of sp³-hybridized carbons (Fsp3) is 0.0909. The number of nitrogens with zero attached hydrogens (tertiary/aromatic N) is 3. The standard InChI is InChI=1S/C11H9ClN4O2/c1-18-10(17)7-3-2-6(4-8(7)12)9-5-14-11(13)16-15-9/h2-5H,1H3,(H2,13,14,16). The van der Waals surface area contributed by atoms with E-state index in [-0.39, 0.29) is 11.0 Å². The third-order valence-corrected chi connectivity index (χ3v) is 2.56. The molecule has 0 saturated carbocycles. The van der Waals surface area contributed by atoms with Crippen molar-refractivity contribution < 1.29 is 9.53 Å². The molecule has 0 spiro atoms. The summed E-state index contributed by atoms with van der Waals surface area (Å²) in [7, 11) is 1.29. The van der Waals surface area contributed by atoms with E-state index in [9.17, 15) is 4.79 Å². The summed E-state index contributed by atoms with van der Waals surface area (Å²) in [6.07, 6.45) is 1.48. The van der Waals surface area contributed by atoms with Gasteiger partial charge in [-0.2, -0.15) is 0 Å². The number of esters is 1. The van der Waals surface area contributed by atoms with Crippen LogP contribution in [0.25, 0.3) is 11.3 Å². The van der Waals surface area contributed by atoms with Gasteiger partial charge in [0.25, 0.3) is 0 Å². The van der Waals surface area contributed by atoms with Crippen LogP contribution in [0.2, 0.25) is 5.02 Å². The molecule has 0 saturated heterocycles. The van der Waals surface area contributed by atoms with Crippen LogP contribution in [-0.2, 0) is 4.74 Å². The molecule has 0 atom stereocenters. The minimum Gasteiger partial charge on any atom is -0.465 e. The molecule has 18 heavy (non-hydrogen) atoms. The monoisotopic (exact) mass is 264 g/mol. The molecule has 0 aliphatic rings. The maximum Gasteiger partial charge on any atom is 0.339 e. The van der Waals surface area contributed by atoms with Crippen molar-refractivity contribution in [1.82, 2.24) is 15.2 Å². The van der Waals surface area contributed by atoms with Gasteiger partial charge < -0.3 is 10.5 Å². The van der Waals surface area contributed by atoms with E-state index < -0.39 is 5.97 Å².